The first kappa shape index (κ1) is 23.8. The van der Waals surface area contributed by atoms with Gasteiger partial charge in [-0.3, -0.25) is 19.1 Å². The van der Waals surface area contributed by atoms with Crippen molar-refractivity contribution in [3.8, 4) is 0 Å². The number of anilines is 2. The number of nitrogens with zero attached hydrogens (tertiary/aromatic N) is 2. The Morgan fingerprint density at radius 3 is 2.50 bits per heavy atom. The van der Waals surface area contributed by atoms with E-state index in [1.54, 1.807) is 0 Å². The molecule has 0 aliphatic rings. The van der Waals surface area contributed by atoms with Gasteiger partial charge in [0, 0.05) is 18.8 Å². The van der Waals surface area contributed by atoms with Crippen LogP contribution in [0, 0.1) is 18.8 Å². The standard InChI is InChI=1S/C22H32N4O3S/c1-14(2)10-25(18(27)13-30-12-17-8-6-7-16(5)9-17)19-20(23)26(11-15(3)4)22(29)24-21(19)28/h6-9,14-15H,10-13,23H2,1-5H3,(H,24,28,29). The largest absolute Gasteiger partial charge is 0.383 e. The van der Waals surface area contributed by atoms with Gasteiger partial charge in [0.15, 0.2) is 5.69 Å². The van der Waals surface area contributed by atoms with E-state index < -0.39 is 11.2 Å². The number of hydrogen-bond donors (Lipinski definition) is 2. The predicted molar refractivity (Wildman–Crippen MR) is 125 cm³/mol. The van der Waals surface area contributed by atoms with Crippen LogP contribution in [0.3, 0.4) is 0 Å². The summed E-state index contributed by atoms with van der Waals surface area (Å²) in [5, 5.41) is 0. The van der Waals surface area contributed by atoms with E-state index in [1.807, 2.05) is 52.8 Å². The van der Waals surface area contributed by atoms with E-state index in [4.69, 9.17) is 5.73 Å². The van der Waals surface area contributed by atoms with Crippen molar-refractivity contribution in [2.24, 2.45) is 11.8 Å². The van der Waals surface area contributed by atoms with E-state index in [0.29, 0.717) is 18.8 Å². The summed E-state index contributed by atoms with van der Waals surface area (Å²) >= 11 is 1.49. The van der Waals surface area contributed by atoms with Crippen molar-refractivity contribution in [1.29, 1.82) is 0 Å². The van der Waals surface area contributed by atoms with Gasteiger partial charge in [0.05, 0.1) is 5.75 Å². The van der Waals surface area contributed by atoms with E-state index in [0.717, 1.165) is 5.56 Å². The molecule has 1 amide bonds. The van der Waals surface area contributed by atoms with Crippen LogP contribution in [0.25, 0.3) is 0 Å². The van der Waals surface area contributed by atoms with Crippen LogP contribution in [0.2, 0.25) is 0 Å². The second-order valence-corrected chi connectivity index (χ2v) is 9.36. The van der Waals surface area contributed by atoms with E-state index in [1.165, 1.54) is 26.8 Å². The molecule has 7 nitrogen and oxygen atoms in total. The van der Waals surface area contributed by atoms with E-state index >= 15 is 0 Å². The molecule has 3 N–H and O–H groups in total. The lowest BCUT2D eigenvalue weighted by Crippen LogP contribution is -2.43. The van der Waals surface area contributed by atoms with E-state index in [2.05, 4.69) is 11.1 Å². The molecule has 1 aromatic heterocycles. The molecular formula is C22H32N4O3S. The van der Waals surface area contributed by atoms with Gasteiger partial charge >= 0.3 is 5.69 Å². The number of hydrogen-bond acceptors (Lipinski definition) is 5. The van der Waals surface area contributed by atoms with Crippen molar-refractivity contribution in [2.45, 2.75) is 46.9 Å². The minimum atomic E-state index is -0.629. The summed E-state index contributed by atoms with van der Waals surface area (Å²) in [4.78, 5) is 41.7. The molecule has 0 radical (unpaired) electrons. The Morgan fingerprint density at radius 2 is 1.90 bits per heavy atom. The zero-order valence-electron chi connectivity index (χ0n) is 18.4. The Labute approximate surface area is 181 Å². The molecule has 164 valence electrons. The van der Waals surface area contributed by atoms with Gasteiger partial charge in [0.1, 0.15) is 5.82 Å². The SMILES string of the molecule is Cc1cccc(CSCC(=O)N(CC(C)C)c2c(N)n(CC(C)C)c(=O)[nH]c2=O)c1. The van der Waals surface area contributed by atoms with Crippen LogP contribution in [-0.2, 0) is 17.1 Å². The molecule has 0 saturated carbocycles. The zero-order valence-corrected chi connectivity index (χ0v) is 19.2. The number of amides is 1. The highest BCUT2D eigenvalue weighted by atomic mass is 32.2. The van der Waals surface area contributed by atoms with Crippen LogP contribution < -0.4 is 21.9 Å². The predicted octanol–water partition coefficient (Wildman–Crippen LogP) is 3.01. The molecule has 0 aliphatic carbocycles. The van der Waals surface area contributed by atoms with Crippen LogP contribution in [-0.4, -0.2) is 27.8 Å². The van der Waals surface area contributed by atoms with E-state index in [-0.39, 0.29) is 35.0 Å². The lowest BCUT2D eigenvalue weighted by atomic mass is 10.2. The molecule has 0 spiro atoms. The topological polar surface area (TPSA) is 101 Å². The number of rotatable bonds is 9. The number of nitrogen functional groups attached to an aromatic ring is 1. The number of aromatic amines is 1. The third kappa shape index (κ3) is 6.26. The molecule has 0 atom stereocenters. The summed E-state index contributed by atoms with van der Waals surface area (Å²) in [5.74, 6) is 1.02. The first-order valence-electron chi connectivity index (χ1n) is 10.2. The minimum Gasteiger partial charge on any atom is -0.383 e. The smallest absolute Gasteiger partial charge is 0.330 e. The Kier molecular flexibility index (Phi) is 8.34. The highest BCUT2D eigenvalue weighted by Gasteiger charge is 2.25. The molecule has 0 bridgehead atoms. The zero-order chi connectivity index (χ0) is 22.4. The quantitative estimate of drug-likeness (QED) is 0.634. The van der Waals surface area contributed by atoms with Gasteiger partial charge in [-0.2, -0.15) is 0 Å². The monoisotopic (exact) mass is 432 g/mol. The third-order valence-corrected chi connectivity index (χ3v) is 5.45. The van der Waals surface area contributed by atoms with Crippen molar-refractivity contribution >= 4 is 29.2 Å². The molecule has 1 aromatic carbocycles. The number of aryl methyl sites for hydroxylation is 1. The maximum atomic E-state index is 13.1. The number of carbonyl (C=O) groups is 1. The number of nitrogens with two attached hydrogens (primary N) is 1. The number of nitrogens with one attached hydrogen (secondary N) is 1. The molecule has 0 saturated heterocycles. The van der Waals surface area contributed by atoms with Gasteiger partial charge in [0.2, 0.25) is 5.91 Å². The fraction of sp³-hybridized carbons (Fsp3) is 0.500. The molecule has 0 unspecified atom stereocenters. The summed E-state index contributed by atoms with van der Waals surface area (Å²) in [6.45, 7) is 10.6. The average molecular weight is 433 g/mol. The average Bonchev–Trinajstić information content (AvgIpc) is 2.63. The molecular weight excluding hydrogens is 400 g/mol. The van der Waals surface area contributed by atoms with Gasteiger partial charge in [0.25, 0.3) is 5.56 Å². The van der Waals surface area contributed by atoms with Gasteiger partial charge in [-0.25, -0.2) is 4.79 Å². The van der Waals surface area contributed by atoms with E-state index in [9.17, 15) is 14.4 Å². The Hall–Kier alpha value is -2.48. The van der Waals surface area contributed by atoms with Crippen LogP contribution in [0.4, 0.5) is 11.5 Å². The van der Waals surface area contributed by atoms with Crippen molar-refractivity contribution in [3.63, 3.8) is 0 Å². The highest BCUT2D eigenvalue weighted by molar-refractivity contribution is 7.99. The van der Waals surface area contributed by atoms with Crippen molar-refractivity contribution in [3.05, 3.63) is 56.2 Å². The second kappa shape index (κ2) is 10.5. The summed E-state index contributed by atoms with van der Waals surface area (Å²) < 4.78 is 1.34. The Morgan fingerprint density at radius 1 is 1.20 bits per heavy atom. The Balaban J connectivity index is 2.29. The van der Waals surface area contributed by atoms with Gasteiger partial charge < -0.3 is 10.6 Å². The lowest BCUT2D eigenvalue weighted by molar-refractivity contribution is -0.116. The molecule has 0 aliphatic heterocycles. The molecule has 2 rings (SSSR count). The highest BCUT2D eigenvalue weighted by Crippen LogP contribution is 2.21. The number of benzene rings is 1. The van der Waals surface area contributed by atoms with Gasteiger partial charge in [-0.1, -0.05) is 57.5 Å². The van der Waals surface area contributed by atoms with Crippen LogP contribution in [0.1, 0.15) is 38.8 Å². The van der Waals surface area contributed by atoms with Crippen molar-refractivity contribution in [1.82, 2.24) is 9.55 Å². The third-order valence-electron chi connectivity index (χ3n) is 4.46. The van der Waals surface area contributed by atoms with Gasteiger partial charge in [-0.15, -0.1) is 11.8 Å². The lowest BCUT2D eigenvalue weighted by Gasteiger charge is -2.26. The first-order chi connectivity index (χ1) is 14.1. The van der Waals surface area contributed by atoms with Crippen LogP contribution in [0.5, 0.6) is 0 Å². The summed E-state index contributed by atoms with van der Waals surface area (Å²) in [7, 11) is 0. The van der Waals surface area contributed by atoms with Crippen molar-refractivity contribution in [2.75, 3.05) is 22.9 Å². The minimum absolute atomic E-state index is 0.0372. The Bertz CT molecular complexity index is 995. The number of thioether (sulfide) groups is 1. The summed E-state index contributed by atoms with van der Waals surface area (Å²) in [5.41, 5.74) is 7.42. The second-order valence-electron chi connectivity index (χ2n) is 8.38. The van der Waals surface area contributed by atoms with Gasteiger partial charge in [-0.05, 0) is 24.3 Å². The number of carbonyl (C=O) groups excluding carboxylic acids is 1. The molecule has 8 heteroatoms. The maximum Gasteiger partial charge on any atom is 0.330 e. The molecule has 30 heavy (non-hydrogen) atoms. The van der Waals surface area contributed by atoms with Crippen LogP contribution >= 0.6 is 11.8 Å². The fourth-order valence-corrected chi connectivity index (χ4v) is 4.05. The number of aromatic nitrogens is 2. The first-order valence-corrected chi connectivity index (χ1v) is 11.3. The normalized spacial score (nSPS) is 11.3. The fourth-order valence-electron chi connectivity index (χ4n) is 3.20. The maximum absolute atomic E-state index is 13.1. The number of H-pyrrole nitrogens is 1. The molecule has 1 heterocycles. The molecule has 0 fully saturated rings. The summed E-state index contributed by atoms with van der Waals surface area (Å²) in [6, 6.07) is 8.15. The summed E-state index contributed by atoms with van der Waals surface area (Å²) in [6.07, 6.45) is 0. The van der Waals surface area contributed by atoms with Crippen molar-refractivity contribution < 1.29 is 4.79 Å². The molecule has 2 aromatic rings. The van der Waals surface area contributed by atoms with Crippen LogP contribution in [0.15, 0.2) is 33.9 Å².